The van der Waals surface area contributed by atoms with Crippen LogP contribution in [0.3, 0.4) is 0 Å². The highest BCUT2D eigenvalue weighted by atomic mass is 35.5. The third kappa shape index (κ3) is 2.39. The maximum Gasteiger partial charge on any atom is 0.231 e. The summed E-state index contributed by atoms with van der Waals surface area (Å²) in [4.78, 5) is 13.4. The van der Waals surface area contributed by atoms with Gasteiger partial charge in [0.15, 0.2) is 0 Å². The van der Waals surface area contributed by atoms with Crippen LogP contribution in [0.25, 0.3) is 0 Å². The lowest BCUT2D eigenvalue weighted by Crippen LogP contribution is -2.20. The third-order valence-corrected chi connectivity index (χ3v) is 4.42. The van der Waals surface area contributed by atoms with Gasteiger partial charge in [0.1, 0.15) is 0 Å². The molecule has 2 rings (SSSR count). The number of hydrogen-bond acceptors (Lipinski definition) is 1. The van der Waals surface area contributed by atoms with E-state index in [0.29, 0.717) is 12.3 Å². The number of nitrogens with zero attached hydrogens (tertiary/aromatic N) is 1. The first-order chi connectivity index (χ1) is 8.54. The Hall–Kier alpha value is -1.02. The molecule has 1 heterocycles. The monoisotopic (exact) mass is 265 g/mol. The van der Waals surface area contributed by atoms with Gasteiger partial charge in [0.05, 0.1) is 11.8 Å². The average molecular weight is 266 g/mol. The zero-order valence-corrected chi connectivity index (χ0v) is 12.0. The van der Waals surface area contributed by atoms with Crippen molar-refractivity contribution in [2.45, 2.75) is 38.5 Å². The number of anilines is 1. The number of benzene rings is 1. The normalized spacial score (nSPS) is 17.8. The van der Waals surface area contributed by atoms with Crippen molar-refractivity contribution in [2.24, 2.45) is 5.92 Å². The molecule has 0 saturated carbocycles. The van der Waals surface area contributed by atoms with E-state index in [0.717, 1.165) is 29.7 Å². The first kappa shape index (κ1) is 13.4. The first-order valence-electron chi connectivity index (χ1n) is 6.58. The van der Waals surface area contributed by atoms with Crippen LogP contribution in [-0.2, 0) is 11.2 Å². The number of amides is 1. The molecule has 0 radical (unpaired) electrons. The molecule has 0 aliphatic carbocycles. The van der Waals surface area contributed by atoms with Gasteiger partial charge < -0.3 is 4.90 Å². The van der Waals surface area contributed by atoms with Gasteiger partial charge in [-0.25, -0.2) is 0 Å². The summed E-state index contributed by atoms with van der Waals surface area (Å²) in [6, 6.07) is 6.17. The van der Waals surface area contributed by atoms with Crippen LogP contribution in [0.1, 0.15) is 43.2 Å². The van der Waals surface area contributed by atoms with Crippen LogP contribution < -0.4 is 4.90 Å². The van der Waals surface area contributed by atoms with E-state index in [1.807, 2.05) is 13.1 Å². The molecule has 3 heteroatoms. The summed E-state index contributed by atoms with van der Waals surface area (Å²) in [7, 11) is 1.83. The molecule has 0 bridgehead atoms. The van der Waals surface area contributed by atoms with Gasteiger partial charge in [-0.1, -0.05) is 32.4 Å². The standard InChI is InChI=1S/C15H20ClNO/c1-4-5-10(2)15(16)11-6-7-13-12(8-11)9-14(18)17(13)3/h6-8,10,15H,4-5,9H2,1-3H3. The molecular formula is C15H20ClNO. The van der Waals surface area contributed by atoms with E-state index >= 15 is 0 Å². The number of carbonyl (C=O) groups is 1. The Bertz CT molecular complexity index is 458. The Balaban J connectivity index is 2.23. The van der Waals surface area contributed by atoms with Crippen molar-refractivity contribution >= 4 is 23.2 Å². The Labute approximate surface area is 114 Å². The molecule has 0 fully saturated rings. The second-order valence-corrected chi connectivity index (χ2v) is 5.66. The molecule has 0 spiro atoms. The number of halogens is 1. The number of hydrogen-bond donors (Lipinski definition) is 0. The topological polar surface area (TPSA) is 20.3 Å². The number of carbonyl (C=O) groups excluding carboxylic acids is 1. The minimum atomic E-state index is 0.0382. The summed E-state index contributed by atoms with van der Waals surface area (Å²) < 4.78 is 0. The maximum atomic E-state index is 11.6. The summed E-state index contributed by atoms with van der Waals surface area (Å²) in [5.74, 6) is 0.624. The summed E-state index contributed by atoms with van der Waals surface area (Å²) in [6.07, 6.45) is 2.78. The van der Waals surface area contributed by atoms with Crippen molar-refractivity contribution in [3.8, 4) is 0 Å². The van der Waals surface area contributed by atoms with Crippen molar-refractivity contribution in [3.63, 3.8) is 0 Å². The molecule has 2 nitrogen and oxygen atoms in total. The molecule has 1 aromatic carbocycles. The molecule has 2 atom stereocenters. The first-order valence-corrected chi connectivity index (χ1v) is 7.01. The van der Waals surface area contributed by atoms with Crippen molar-refractivity contribution in [1.29, 1.82) is 0 Å². The van der Waals surface area contributed by atoms with Crippen LogP contribution in [-0.4, -0.2) is 13.0 Å². The lowest BCUT2D eigenvalue weighted by molar-refractivity contribution is -0.117. The summed E-state index contributed by atoms with van der Waals surface area (Å²) >= 11 is 6.51. The fourth-order valence-corrected chi connectivity index (χ4v) is 2.85. The van der Waals surface area contributed by atoms with Gasteiger partial charge in [0.2, 0.25) is 5.91 Å². The van der Waals surface area contributed by atoms with Crippen molar-refractivity contribution in [2.75, 3.05) is 11.9 Å². The molecule has 2 unspecified atom stereocenters. The van der Waals surface area contributed by atoms with Gasteiger partial charge in [0.25, 0.3) is 0 Å². The molecule has 1 aliphatic rings. The number of alkyl halides is 1. The van der Waals surface area contributed by atoms with Crippen LogP contribution in [0.2, 0.25) is 0 Å². The van der Waals surface area contributed by atoms with E-state index in [-0.39, 0.29) is 11.3 Å². The van der Waals surface area contributed by atoms with E-state index in [1.54, 1.807) is 4.90 Å². The van der Waals surface area contributed by atoms with Gasteiger partial charge in [-0.15, -0.1) is 11.6 Å². The molecule has 0 aromatic heterocycles. The van der Waals surface area contributed by atoms with Gasteiger partial charge in [0, 0.05) is 12.7 Å². The molecule has 18 heavy (non-hydrogen) atoms. The van der Waals surface area contributed by atoms with Gasteiger partial charge in [-0.3, -0.25) is 4.79 Å². The fraction of sp³-hybridized carbons (Fsp3) is 0.533. The zero-order chi connectivity index (χ0) is 13.3. The van der Waals surface area contributed by atoms with Crippen LogP contribution in [0.15, 0.2) is 18.2 Å². The van der Waals surface area contributed by atoms with Crippen molar-refractivity contribution in [3.05, 3.63) is 29.3 Å². The highest BCUT2D eigenvalue weighted by molar-refractivity contribution is 6.21. The second kappa shape index (κ2) is 5.31. The molecule has 1 aromatic rings. The van der Waals surface area contributed by atoms with Gasteiger partial charge in [-0.2, -0.15) is 0 Å². The highest BCUT2D eigenvalue weighted by Gasteiger charge is 2.25. The molecular weight excluding hydrogens is 246 g/mol. The number of fused-ring (bicyclic) bond motifs is 1. The van der Waals surface area contributed by atoms with E-state index in [2.05, 4.69) is 26.0 Å². The number of likely N-dealkylation sites (N-methyl/N-ethyl adjacent to an activating group) is 1. The maximum absolute atomic E-state index is 11.6. The van der Waals surface area contributed by atoms with Crippen LogP contribution in [0.4, 0.5) is 5.69 Å². The second-order valence-electron chi connectivity index (χ2n) is 5.19. The Morgan fingerprint density at radius 1 is 1.44 bits per heavy atom. The summed E-state index contributed by atoms with van der Waals surface area (Å²) in [5.41, 5.74) is 3.27. The quantitative estimate of drug-likeness (QED) is 0.756. The average Bonchev–Trinajstić information content (AvgIpc) is 2.64. The van der Waals surface area contributed by atoms with Crippen molar-refractivity contribution in [1.82, 2.24) is 0 Å². The lowest BCUT2D eigenvalue weighted by Gasteiger charge is -2.19. The summed E-state index contributed by atoms with van der Waals surface area (Å²) in [5, 5.41) is 0.0382. The molecule has 1 amide bonds. The fourth-order valence-electron chi connectivity index (χ4n) is 2.59. The SMILES string of the molecule is CCCC(C)C(Cl)c1ccc2c(c1)CC(=O)N2C. The van der Waals surface area contributed by atoms with E-state index in [1.165, 1.54) is 0 Å². The highest BCUT2D eigenvalue weighted by Crippen LogP contribution is 2.36. The minimum Gasteiger partial charge on any atom is -0.315 e. The molecule has 0 saturated heterocycles. The Kier molecular flexibility index (Phi) is 3.96. The third-order valence-electron chi connectivity index (χ3n) is 3.74. The largest absolute Gasteiger partial charge is 0.315 e. The van der Waals surface area contributed by atoms with Crippen LogP contribution in [0.5, 0.6) is 0 Å². The predicted octanol–water partition coefficient (Wildman–Crippen LogP) is 3.92. The zero-order valence-electron chi connectivity index (χ0n) is 11.2. The molecule has 0 N–H and O–H groups in total. The molecule has 1 aliphatic heterocycles. The minimum absolute atomic E-state index is 0.0382. The number of rotatable bonds is 4. The smallest absolute Gasteiger partial charge is 0.231 e. The lowest BCUT2D eigenvalue weighted by atomic mass is 9.95. The van der Waals surface area contributed by atoms with E-state index in [9.17, 15) is 4.79 Å². The van der Waals surface area contributed by atoms with E-state index in [4.69, 9.17) is 11.6 Å². The predicted molar refractivity (Wildman–Crippen MR) is 76.2 cm³/mol. The van der Waals surface area contributed by atoms with Crippen molar-refractivity contribution < 1.29 is 4.79 Å². The van der Waals surface area contributed by atoms with E-state index < -0.39 is 0 Å². The Morgan fingerprint density at radius 3 is 2.83 bits per heavy atom. The van der Waals surface area contributed by atoms with Gasteiger partial charge >= 0.3 is 0 Å². The van der Waals surface area contributed by atoms with Crippen LogP contribution >= 0.6 is 11.6 Å². The molecule has 98 valence electrons. The summed E-state index contributed by atoms with van der Waals surface area (Å²) in [6.45, 7) is 4.36. The Morgan fingerprint density at radius 2 is 2.17 bits per heavy atom. The van der Waals surface area contributed by atoms with Gasteiger partial charge in [-0.05, 0) is 29.5 Å². The van der Waals surface area contributed by atoms with Crippen LogP contribution in [0, 0.1) is 5.92 Å².